The Bertz CT molecular complexity index is 692. The molecule has 0 fully saturated rings. The van der Waals surface area contributed by atoms with Gasteiger partial charge in [0.25, 0.3) is 0 Å². The molecular weight excluding hydrogens is 318 g/mol. The van der Waals surface area contributed by atoms with E-state index in [0.717, 1.165) is 22.5 Å². The molecular formula is C19H27N3O3. The second-order valence-electron chi connectivity index (χ2n) is 6.54. The molecule has 0 spiro atoms. The van der Waals surface area contributed by atoms with E-state index in [9.17, 15) is 9.90 Å². The molecule has 6 nitrogen and oxygen atoms in total. The van der Waals surface area contributed by atoms with Crippen molar-refractivity contribution in [3.63, 3.8) is 0 Å². The summed E-state index contributed by atoms with van der Waals surface area (Å²) in [6.07, 6.45) is -0.135. The van der Waals surface area contributed by atoms with Crippen molar-refractivity contribution in [1.29, 1.82) is 0 Å². The van der Waals surface area contributed by atoms with Gasteiger partial charge in [0.05, 0.1) is 5.69 Å². The first-order valence-electron chi connectivity index (χ1n) is 8.52. The summed E-state index contributed by atoms with van der Waals surface area (Å²) in [6.45, 7) is 8.03. The zero-order valence-corrected chi connectivity index (χ0v) is 15.3. The molecule has 0 saturated carbocycles. The Morgan fingerprint density at radius 2 is 2.12 bits per heavy atom. The molecule has 136 valence electrons. The Balaban J connectivity index is 1.75. The van der Waals surface area contributed by atoms with Crippen molar-refractivity contribution in [3.05, 3.63) is 46.8 Å². The minimum atomic E-state index is -0.756. The molecule has 0 aliphatic heterocycles. The van der Waals surface area contributed by atoms with Crippen LogP contribution in [-0.2, 0) is 11.2 Å². The van der Waals surface area contributed by atoms with E-state index in [-0.39, 0.29) is 25.0 Å². The van der Waals surface area contributed by atoms with Crippen molar-refractivity contribution in [2.45, 2.75) is 40.2 Å². The van der Waals surface area contributed by atoms with Crippen molar-refractivity contribution in [3.8, 4) is 5.75 Å². The first kappa shape index (κ1) is 19.0. The van der Waals surface area contributed by atoms with Crippen LogP contribution in [0.4, 0.5) is 0 Å². The topological polar surface area (TPSA) is 87.2 Å². The number of benzene rings is 1. The number of aromatic amines is 1. The third-order valence-corrected chi connectivity index (χ3v) is 4.18. The molecule has 3 N–H and O–H groups in total. The summed E-state index contributed by atoms with van der Waals surface area (Å²) in [5, 5.41) is 19.9. The van der Waals surface area contributed by atoms with Crippen LogP contribution in [0.15, 0.2) is 24.3 Å². The summed E-state index contributed by atoms with van der Waals surface area (Å²) in [7, 11) is 0. The quantitative estimate of drug-likeness (QED) is 0.683. The molecule has 0 bridgehead atoms. The van der Waals surface area contributed by atoms with Crippen LogP contribution in [0.3, 0.4) is 0 Å². The fourth-order valence-corrected chi connectivity index (χ4v) is 2.62. The second-order valence-corrected chi connectivity index (χ2v) is 6.54. The molecule has 2 atom stereocenters. The highest BCUT2D eigenvalue weighted by molar-refractivity contribution is 5.78. The molecule has 2 aromatic rings. The van der Waals surface area contributed by atoms with Crippen LogP contribution >= 0.6 is 0 Å². The third-order valence-electron chi connectivity index (χ3n) is 4.18. The van der Waals surface area contributed by atoms with Crippen LogP contribution in [0.1, 0.15) is 29.4 Å². The maximum absolute atomic E-state index is 12.2. The van der Waals surface area contributed by atoms with Gasteiger partial charge in [-0.3, -0.25) is 9.89 Å². The lowest BCUT2D eigenvalue weighted by Gasteiger charge is -2.16. The molecule has 1 aromatic heterocycles. The number of carbonyl (C=O) groups is 1. The number of aryl methyl sites for hydroxylation is 3. The summed E-state index contributed by atoms with van der Waals surface area (Å²) in [4.78, 5) is 12.2. The highest BCUT2D eigenvalue weighted by atomic mass is 16.5. The van der Waals surface area contributed by atoms with Crippen molar-refractivity contribution < 1.29 is 14.6 Å². The van der Waals surface area contributed by atoms with Gasteiger partial charge in [0.2, 0.25) is 5.91 Å². The molecule has 1 aromatic carbocycles. The highest BCUT2D eigenvalue weighted by Crippen LogP contribution is 2.15. The van der Waals surface area contributed by atoms with Crippen LogP contribution in [0.25, 0.3) is 0 Å². The van der Waals surface area contributed by atoms with Crippen LogP contribution < -0.4 is 10.1 Å². The molecule has 0 radical (unpaired) electrons. The lowest BCUT2D eigenvalue weighted by Crippen LogP contribution is -2.38. The Kier molecular flexibility index (Phi) is 6.58. The van der Waals surface area contributed by atoms with E-state index >= 15 is 0 Å². The normalized spacial score (nSPS) is 13.3. The Morgan fingerprint density at radius 3 is 2.76 bits per heavy atom. The Labute approximate surface area is 148 Å². The number of ether oxygens (including phenoxy) is 1. The Morgan fingerprint density at radius 1 is 1.36 bits per heavy atom. The first-order chi connectivity index (χ1) is 11.9. The molecule has 1 heterocycles. The van der Waals surface area contributed by atoms with Gasteiger partial charge in [0, 0.05) is 18.2 Å². The van der Waals surface area contributed by atoms with Gasteiger partial charge < -0.3 is 15.2 Å². The van der Waals surface area contributed by atoms with E-state index in [1.165, 1.54) is 0 Å². The van der Waals surface area contributed by atoms with Gasteiger partial charge in [-0.1, -0.05) is 19.1 Å². The lowest BCUT2D eigenvalue weighted by molar-refractivity contribution is -0.125. The molecule has 0 aliphatic carbocycles. The van der Waals surface area contributed by atoms with Crippen molar-refractivity contribution in [2.75, 3.05) is 13.2 Å². The fraction of sp³-hybridized carbons (Fsp3) is 0.474. The van der Waals surface area contributed by atoms with Crippen molar-refractivity contribution in [2.24, 2.45) is 5.92 Å². The zero-order chi connectivity index (χ0) is 18.4. The third kappa shape index (κ3) is 5.60. The summed E-state index contributed by atoms with van der Waals surface area (Å²) < 4.78 is 5.54. The van der Waals surface area contributed by atoms with Gasteiger partial charge >= 0.3 is 0 Å². The number of amides is 1. The van der Waals surface area contributed by atoms with Crippen LogP contribution in [0.5, 0.6) is 5.75 Å². The molecule has 0 saturated heterocycles. The lowest BCUT2D eigenvalue weighted by atomic mass is 9.99. The predicted molar refractivity (Wildman–Crippen MR) is 96.6 cm³/mol. The van der Waals surface area contributed by atoms with Gasteiger partial charge in [-0.25, -0.2) is 0 Å². The largest absolute Gasteiger partial charge is 0.491 e. The maximum Gasteiger partial charge on any atom is 0.223 e. The minimum Gasteiger partial charge on any atom is -0.491 e. The monoisotopic (exact) mass is 345 g/mol. The van der Waals surface area contributed by atoms with E-state index < -0.39 is 6.10 Å². The molecule has 6 heteroatoms. The van der Waals surface area contributed by atoms with Crippen molar-refractivity contribution in [1.82, 2.24) is 15.5 Å². The van der Waals surface area contributed by atoms with Crippen molar-refractivity contribution >= 4 is 5.91 Å². The molecule has 2 rings (SSSR count). The fourth-order valence-electron chi connectivity index (χ4n) is 2.62. The molecule has 2 unspecified atom stereocenters. The second kappa shape index (κ2) is 8.67. The van der Waals surface area contributed by atoms with Gasteiger partial charge in [-0.2, -0.15) is 5.10 Å². The number of nitrogens with zero attached hydrogens (tertiary/aromatic N) is 1. The van der Waals surface area contributed by atoms with E-state index in [2.05, 4.69) is 15.5 Å². The number of carbonyl (C=O) groups excluding carboxylic acids is 1. The van der Waals surface area contributed by atoms with Gasteiger partial charge in [0.1, 0.15) is 18.5 Å². The van der Waals surface area contributed by atoms with Gasteiger partial charge in [0.15, 0.2) is 0 Å². The molecule has 0 aliphatic rings. The van der Waals surface area contributed by atoms with Gasteiger partial charge in [-0.05, 0) is 50.5 Å². The summed E-state index contributed by atoms with van der Waals surface area (Å²) in [5.41, 5.74) is 4.08. The van der Waals surface area contributed by atoms with Crippen LogP contribution in [0, 0.1) is 26.7 Å². The zero-order valence-electron chi connectivity index (χ0n) is 15.3. The number of rotatable bonds is 8. The number of nitrogens with one attached hydrogen (secondary N) is 2. The average molecular weight is 345 g/mol. The number of aliphatic hydroxyl groups is 1. The van der Waals surface area contributed by atoms with Crippen LogP contribution in [0.2, 0.25) is 0 Å². The van der Waals surface area contributed by atoms with E-state index in [1.54, 1.807) is 0 Å². The smallest absolute Gasteiger partial charge is 0.223 e. The predicted octanol–water partition coefficient (Wildman–Crippen LogP) is 2.07. The number of hydrogen-bond acceptors (Lipinski definition) is 4. The highest BCUT2D eigenvalue weighted by Gasteiger charge is 2.18. The molecule has 1 amide bonds. The SMILES string of the molecule is Cc1cccc(OCC(O)CNC(=O)C(C)Cc2c(C)n[nH]c2C)c1. The number of aromatic nitrogens is 2. The van der Waals surface area contributed by atoms with E-state index in [0.29, 0.717) is 12.2 Å². The number of hydrogen-bond donors (Lipinski definition) is 3. The van der Waals surface area contributed by atoms with Crippen LogP contribution in [-0.4, -0.2) is 40.5 Å². The standard InChI is InChI=1S/C19H27N3O3/c1-12-6-5-7-17(8-12)25-11-16(23)10-20-19(24)13(2)9-18-14(3)21-22-15(18)4/h5-8,13,16,23H,9-11H2,1-4H3,(H,20,24)(H,21,22). The van der Waals surface area contributed by atoms with E-state index in [1.807, 2.05) is 52.0 Å². The summed E-state index contributed by atoms with van der Waals surface area (Å²) in [5.74, 6) is 0.430. The van der Waals surface area contributed by atoms with Gasteiger partial charge in [-0.15, -0.1) is 0 Å². The average Bonchev–Trinajstić information content (AvgIpc) is 2.89. The minimum absolute atomic E-state index is 0.0883. The Hall–Kier alpha value is -2.34. The maximum atomic E-state index is 12.2. The molecule has 25 heavy (non-hydrogen) atoms. The summed E-state index contributed by atoms with van der Waals surface area (Å²) in [6, 6.07) is 7.63. The summed E-state index contributed by atoms with van der Waals surface area (Å²) >= 11 is 0. The number of aliphatic hydroxyl groups excluding tert-OH is 1. The first-order valence-corrected chi connectivity index (χ1v) is 8.52. The van der Waals surface area contributed by atoms with E-state index in [4.69, 9.17) is 4.74 Å². The number of H-pyrrole nitrogens is 1.